The molecule has 8 unspecified atom stereocenters. The van der Waals surface area contributed by atoms with Gasteiger partial charge in [-0.2, -0.15) is 0 Å². The van der Waals surface area contributed by atoms with Crippen molar-refractivity contribution in [1.82, 2.24) is 16.0 Å². The summed E-state index contributed by atoms with van der Waals surface area (Å²) in [6, 6.07) is 2.48. The van der Waals surface area contributed by atoms with Gasteiger partial charge in [0.05, 0.1) is 43.6 Å². The van der Waals surface area contributed by atoms with E-state index in [4.69, 9.17) is 37.9 Å². The maximum atomic E-state index is 14.1. The molecule has 3 amide bonds. The summed E-state index contributed by atoms with van der Waals surface area (Å²) in [6.45, 7) is 3.75. The molecule has 4 aliphatic heterocycles. The molecule has 5 rings (SSSR count). The van der Waals surface area contributed by atoms with E-state index in [1.54, 1.807) is 0 Å². The predicted octanol–water partition coefficient (Wildman–Crippen LogP) is -9.51. The second-order valence-electron chi connectivity index (χ2n) is 16.1. The van der Waals surface area contributed by atoms with Crippen LogP contribution in [-0.4, -0.2) is 201 Å². The largest absolute Gasteiger partial charge is 1.00 e. The number of phenolic OH excluding ortho intramolecular Hbond substituents is 2. The number of hydrogen-bond donors (Lipinski definition) is 12. The predicted molar refractivity (Wildman–Crippen MR) is 205 cm³/mol. The van der Waals surface area contributed by atoms with E-state index in [1.807, 2.05) is 0 Å². The molecular formula is C39H58N3NaO22. The summed E-state index contributed by atoms with van der Waals surface area (Å²) >= 11 is 0. The Kier molecular flexibility index (Phi) is 20.1. The molecule has 4 heterocycles. The third-order valence-corrected chi connectivity index (χ3v) is 11.7. The molecule has 12 N–H and O–H groups in total. The van der Waals surface area contributed by atoms with Gasteiger partial charge in [-0.25, -0.2) is 0 Å². The Morgan fingerprint density at radius 2 is 1.38 bits per heavy atom. The molecule has 20 atom stereocenters. The smallest absolute Gasteiger partial charge is 0.547 e. The van der Waals surface area contributed by atoms with Crippen LogP contribution in [0.2, 0.25) is 0 Å². The van der Waals surface area contributed by atoms with Gasteiger partial charge in [-0.15, -0.1) is 0 Å². The first-order valence-electron chi connectivity index (χ1n) is 20.5. The van der Waals surface area contributed by atoms with Crippen LogP contribution in [0.3, 0.4) is 0 Å². The first kappa shape index (κ1) is 54.7. The van der Waals surface area contributed by atoms with Gasteiger partial charge in [0.25, 0.3) is 0 Å². The van der Waals surface area contributed by atoms with Crippen molar-refractivity contribution in [1.29, 1.82) is 0 Å². The maximum Gasteiger partial charge on any atom is 1.00 e. The molecule has 4 saturated heterocycles. The zero-order valence-corrected chi connectivity index (χ0v) is 38.4. The van der Waals surface area contributed by atoms with Crippen LogP contribution < -0.4 is 50.6 Å². The topological polar surface area (TPSA) is 383 Å². The fourth-order valence-electron chi connectivity index (χ4n) is 8.27. The first-order chi connectivity index (χ1) is 30.2. The number of carbonyl (C=O) groups is 4. The minimum Gasteiger partial charge on any atom is -0.547 e. The molecule has 0 radical (unpaired) electrons. The number of rotatable bonds is 16. The van der Waals surface area contributed by atoms with Crippen LogP contribution >= 0.6 is 0 Å². The van der Waals surface area contributed by atoms with E-state index in [2.05, 4.69) is 16.0 Å². The molecule has 25 nitrogen and oxygen atoms in total. The van der Waals surface area contributed by atoms with Crippen molar-refractivity contribution in [2.75, 3.05) is 26.9 Å². The van der Waals surface area contributed by atoms with Crippen LogP contribution in [0.15, 0.2) is 18.2 Å². The van der Waals surface area contributed by atoms with Crippen molar-refractivity contribution in [2.24, 2.45) is 17.8 Å². The second-order valence-corrected chi connectivity index (χ2v) is 16.1. The number of methoxy groups -OCH3 is 1. The standard InChI is InChI=1S/C39H59N3O22.Na/c1-13-21(12-44)59-38(23(41-15(3)45)28(13)60-39-26(51)25(50)30(57-5)32(63-39)35(54)55)62-31-24(49)22(33(53)40-9-8-17-6-7-19(47)20(48)10-17)37(64-36(31)56)61-29-18(11-43)14(2)58-34(27(29)52)42-16(4)46;/h6-7,10,13-14,18,21-32,34,36-39,43-44,47-52,56H,8-9,11-12H2,1-5H3,(H,40,53)(H,41,45)(H,42,46)(H,54,55);/q;+1/p-1/t13-,14-,18?,21?,22?,23?,24+,25+,26?,27+,28-,29+,30-,31-,32?,34?,36?,37+,38-,39+;/m0./s1. The number of phenols is 2. The van der Waals surface area contributed by atoms with Crippen molar-refractivity contribution >= 4 is 23.7 Å². The monoisotopic (exact) mass is 943 g/mol. The van der Waals surface area contributed by atoms with Crippen molar-refractivity contribution < 1.29 is 138 Å². The Hall–Kier alpha value is -2.90. The number of aliphatic hydroxyl groups is 7. The molecule has 1 aromatic rings. The van der Waals surface area contributed by atoms with E-state index < -0.39 is 165 Å². The number of carbonyl (C=O) groups excluding carboxylic acids is 4. The summed E-state index contributed by atoms with van der Waals surface area (Å²) in [5.41, 5.74) is 0.479. The molecule has 362 valence electrons. The van der Waals surface area contributed by atoms with Gasteiger partial charge in [0, 0.05) is 39.3 Å². The van der Waals surface area contributed by atoms with Gasteiger partial charge in [-0.05, 0) is 31.0 Å². The number of nitrogens with one attached hydrogen (secondary N) is 3. The van der Waals surface area contributed by atoms with Gasteiger partial charge in [-0.1, -0.05) is 13.0 Å². The van der Waals surface area contributed by atoms with Crippen molar-refractivity contribution in [2.45, 2.75) is 139 Å². The van der Waals surface area contributed by atoms with E-state index in [0.717, 1.165) is 21.0 Å². The van der Waals surface area contributed by atoms with Crippen LogP contribution in [0.1, 0.15) is 33.3 Å². The fourth-order valence-corrected chi connectivity index (χ4v) is 8.27. The number of carboxylic acids is 1. The Labute approximate surface area is 394 Å². The van der Waals surface area contributed by atoms with Crippen molar-refractivity contribution in [3.63, 3.8) is 0 Å². The molecule has 4 aliphatic rings. The molecule has 0 aliphatic carbocycles. The minimum atomic E-state index is -2.21. The molecule has 0 bridgehead atoms. The Morgan fingerprint density at radius 3 is 1.97 bits per heavy atom. The van der Waals surface area contributed by atoms with E-state index >= 15 is 0 Å². The summed E-state index contributed by atoms with van der Waals surface area (Å²) in [7, 11) is 1.07. The summed E-state index contributed by atoms with van der Waals surface area (Å²) in [6.07, 6.45) is -27.3. The van der Waals surface area contributed by atoms with E-state index in [0.29, 0.717) is 5.56 Å². The van der Waals surface area contributed by atoms with Gasteiger partial charge in [0.1, 0.15) is 54.7 Å². The molecule has 1 aromatic carbocycles. The third kappa shape index (κ3) is 12.6. The Bertz CT molecular complexity index is 1770. The van der Waals surface area contributed by atoms with Crippen molar-refractivity contribution in [3.8, 4) is 11.5 Å². The number of aliphatic hydroxyl groups excluding tert-OH is 7. The number of benzene rings is 1. The number of amides is 3. The van der Waals surface area contributed by atoms with E-state index in [-0.39, 0.29) is 48.3 Å². The summed E-state index contributed by atoms with van der Waals surface area (Å²) in [5, 5.41) is 116. The van der Waals surface area contributed by atoms with E-state index in [1.165, 1.54) is 32.0 Å². The van der Waals surface area contributed by atoms with Crippen LogP contribution in [0.5, 0.6) is 11.5 Å². The van der Waals surface area contributed by atoms with Gasteiger partial charge < -0.3 is 110 Å². The molecule has 0 spiro atoms. The average molecular weight is 944 g/mol. The molecule has 0 aromatic heterocycles. The van der Waals surface area contributed by atoms with Gasteiger partial charge in [-0.3, -0.25) is 14.4 Å². The minimum absolute atomic E-state index is 0. The van der Waals surface area contributed by atoms with Crippen molar-refractivity contribution in [3.05, 3.63) is 23.8 Å². The van der Waals surface area contributed by atoms with E-state index in [9.17, 15) is 70.2 Å². The van der Waals surface area contributed by atoms with Gasteiger partial charge >= 0.3 is 29.6 Å². The molecule has 4 fully saturated rings. The number of ether oxygens (including phenoxy) is 8. The van der Waals surface area contributed by atoms with Crippen LogP contribution in [-0.2, 0) is 63.5 Å². The third-order valence-electron chi connectivity index (χ3n) is 11.7. The number of aliphatic carboxylic acids is 1. The molecule has 0 saturated carbocycles. The van der Waals surface area contributed by atoms with Gasteiger partial charge in [0.15, 0.2) is 42.9 Å². The van der Waals surface area contributed by atoms with Crippen LogP contribution in [0.25, 0.3) is 0 Å². The quantitative estimate of drug-likeness (QED) is 0.0541. The molecule has 65 heavy (non-hydrogen) atoms. The molecular weight excluding hydrogens is 885 g/mol. The average Bonchev–Trinajstić information content (AvgIpc) is 3.22. The summed E-state index contributed by atoms with van der Waals surface area (Å²) in [4.78, 5) is 50.7. The van der Waals surface area contributed by atoms with Crippen LogP contribution in [0, 0.1) is 17.8 Å². The first-order valence-corrected chi connectivity index (χ1v) is 20.5. The normalized spacial score (nSPS) is 39.6. The Morgan fingerprint density at radius 1 is 0.738 bits per heavy atom. The zero-order valence-electron chi connectivity index (χ0n) is 36.4. The summed E-state index contributed by atoms with van der Waals surface area (Å²) < 4.78 is 46.1. The number of aromatic hydroxyl groups is 2. The summed E-state index contributed by atoms with van der Waals surface area (Å²) in [5.74, 6) is -8.71. The number of carboxylic acid groups (broad SMARTS) is 1. The SMILES string of the molecule is CO[C@@H]1C(C(=O)[O-])O[C@@H](O[C@@H]2C(NC(C)=O)[C@H](O[C@@H]3C(O)O[C@@H](O[C@@H]4C(CO)[C@H](C)OC(NC(C)=O)[C@@H]4O)C(C(=O)NCCc4ccc(O)c(O)c4)[C@H]3O)OC(CO)[C@@H]2C)C(O)[C@H]1O.[Na+]. The Balaban J connectivity index is 0.00000925. The van der Waals surface area contributed by atoms with Crippen LogP contribution in [0.4, 0.5) is 0 Å². The fraction of sp³-hybridized carbons (Fsp3) is 0.744. The second kappa shape index (κ2) is 23.9. The maximum absolute atomic E-state index is 14.1. The number of hydrogen-bond acceptors (Lipinski definition) is 22. The molecule has 26 heteroatoms. The zero-order chi connectivity index (χ0) is 47.3. The van der Waals surface area contributed by atoms with Gasteiger partial charge in [0.2, 0.25) is 17.7 Å².